The zero-order valence-electron chi connectivity index (χ0n) is 14.4. The maximum atomic E-state index is 11.2. The molecule has 3 rings (SSSR count). The fraction of sp³-hybridized carbons (Fsp3) is 0.400. The Kier molecular flexibility index (Phi) is 5.64. The van der Waals surface area contributed by atoms with Gasteiger partial charge in [0.15, 0.2) is 0 Å². The number of para-hydroxylation sites is 1. The van der Waals surface area contributed by atoms with E-state index in [1.165, 1.54) is 0 Å². The molecule has 0 spiro atoms. The minimum absolute atomic E-state index is 0.470. The molecule has 0 amide bonds. The van der Waals surface area contributed by atoms with E-state index in [9.17, 15) is 10.2 Å². The minimum atomic E-state index is -0.968. The molecule has 2 N–H and O–H groups in total. The molecular formula is C20H24ClNO3. The number of rotatable bonds is 5. The van der Waals surface area contributed by atoms with Crippen molar-refractivity contribution in [3.8, 4) is 5.75 Å². The highest BCUT2D eigenvalue weighted by atomic mass is 35.5. The Morgan fingerprint density at radius 1 is 1.20 bits per heavy atom. The lowest BCUT2D eigenvalue weighted by Gasteiger charge is -2.40. The monoisotopic (exact) mass is 361 g/mol. The molecule has 2 aromatic carbocycles. The van der Waals surface area contributed by atoms with Gasteiger partial charge >= 0.3 is 0 Å². The van der Waals surface area contributed by atoms with Gasteiger partial charge in [-0.3, -0.25) is 4.90 Å². The number of methoxy groups -OCH3 is 1. The summed E-state index contributed by atoms with van der Waals surface area (Å²) in [6.45, 7) is 1.79. The number of hydrogen-bond donors (Lipinski definition) is 2. The topological polar surface area (TPSA) is 52.9 Å². The minimum Gasteiger partial charge on any atom is -0.496 e. The first-order chi connectivity index (χ1) is 12.0. The maximum absolute atomic E-state index is 11.2. The third-order valence-corrected chi connectivity index (χ3v) is 5.10. The molecule has 0 saturated carbocycles. The van der Waals surface area contributed by atoms with Gasteiger partial charge in [-0.15, -0.1) is 0 Å². The molecule has 0 bridgehead atoms. The Bertz CT molecular complexity index is 706. The molecule has 0 aromatic heterocycles. The number of hydrogen-bond acceptors (Lipinski definition) is 4. The molecule has 25 heavy (non-hydrogen) atoms. The zero-order valence-corrected chi connectivity index (χ0v) is 15.1. The van der Waals surface area contributed by atoms with E-state index in [2.05, 4.69) is 4.90 Å². The van der Waals surface area contributed by atoms with Crippen molar-refractivity contribution in [2.24, 2.45) is 0 Å². The molecule has 0 aliphatic carbocycles. The van der Waals surface area contributed by atoms with Gasteiger partial charge in [0, 0.05) is 23.7 Å². The van der Waals surface area contributed by atoms with Gasteiger partial charge in [0.1, 0.15) is 11.4 Å². The van der Waals surface area contributed by atoms with Crippen LogP contribution < -0.4 is 4.74 Å². The number of piperidine rings is 1. The van der Waals surface area contributed by atoms with Gasteiger partial charge in [-0.05, 0) is 43.1 Å². The van der Waals surface area contributed by atoms with Crippen molar-refractivity contribution in [2.75, 3.05) is 26.7 Å². The second-order valence-electron chi connectivity index (χ2n) is 6.64. The summed E-state index contributed by atoms with van der Waals surface area (Å²) in [6, 6.07) is 14.8. The summed E-state index contributed by atoms with van der Waals surface area (Å²) in [7, 11) is 1.62. The molecule has 4 nitrogen and oxygen atoms in total. The fourth-order valence-electron chi connectivity index (χ4n) is 3.56. The van der Waals surface area contributed by atoms with Crippen LogP contribution in [-0.2, 0) is 5.60 Å². The number of aliphatic hydroxyl groups is 2. The second-order valence-corrected chi connectivity index (χ2v) is 7.07. The SMILES string of the molecule is COc1ccccc1C1(O)CCCN(CC(O)c2ccc(Cl)cc2)C1. The summed E-state index contributed by atoms with van der Waals surface area (Å²) in [5.41, 5.74) is 0.670. The van der Waals surface area contributed by atoms with Crippen molar-refractivity contribution in [2.45, 2.75) is 24.5 Å². The van der Waals surface area contributed by atoms with E-state index in [0.29, 0.717) is 30.3 Å². The predicted octanol–water partition coefficient (Wildman–Crippen LogP) is 3.37. The fourth-order valence-corrected chi connectivity index (χ4v) is 3.69. The average molecular weight is 362 g/mol. The van der Waals surface area contributed by atoms with Crippen molar-refractivity contribution in [1.29, 1.82) is 0 Å². The van der Waals surface area contributed by atoms with Crippen molar-refractivity contribution in [1.82, 2.24) is 4.90 Å². The first-order valence-corrected chi connectivity index (χ1v) is 8.91. The summed E-state index contributed by atoms with van der Waals surface area (Å²) in [5.74, 6) is 0.699. The second kappa shape index (κ2) is 7.75. The third-order valence-electron chi connectivity index (χ3n) is 4.84. The Labute approximate surface area is 153 Å². The number of benzene rings is 2. The van der Waals surface area contributed by atoms with Crippen LogP contribution in [0.4, 0.5) is 0 Å². The molecule has 1 fully saturated rings. The number of halogens is 1. The van der Waals surface area contributed by atoms with Crippen LogP contribution in [0.2, 0.25) is 5.02 Å². The lowest BCUT2D eigenvalue weighted by Crippen LogP contribution is -2.47. The highest BCUT2D eigenvalue weighted by Gasteiger charge is 2.37. The summed E-state index contributed by atoms with van der Waals surface area (Å²) >= 11 is 5.91. The number of aliphatic hydroxyl groups excluding tert-OH is 1. The van der Waals surface area contributed by atoms with E-state index in [4.69, 9.17) is 16.3 Å². The highest BCUT2D eigenvalue weighted by Crippen LogP contribution is 2.37. The molecule has 134 valence electrons. The van der Waals surface area contributed by atoms with Gasteiger partial charge in [-0.2, -0.15) is 0 Å². The molecule has 5 heteroatoms. The molecule has 2 unspecified atom stereocenters. The van der Waals surface area contributed by atoms with Crippen LogP contribution in [-0.4, -0.2) is 41.9 Å². The summed E-state index contributed by atoms with van der Waals surface area (Å²) in [5, 5.41) is 22.4. The molecule has 1 aliphatic heterocycles. The molecule has 0 radical (unpaired) electrons. The van der Waals surface area contributed by atoms with Crippen LogP contribution in [0.1, 0.15) is 30.1 Å². The summed E-state index contributed by atoms with van der Waals surface area (Å²) < 4.78 is 5.42. The Morgan fingerprint density at radius 3 is 2.64 bits per heavy atom. The van der Waals surface area contributed by atoms with E-state index < -0.39 is 11.7 Å². The van der Waals surface area contributed by atoms with Gasteiger partial charge in [0.2, 0.25) is 0 Å². The lowest BCUT2D eigenvalue weighted by atomic mass is 9.85. The standard InChI is InChI=1S/C20H24ClNO3/c1-25-19-6-3-2-5-17(19)20(24)11-4-12-22(14-20)13-18(23)15-7-9-16(21)10-8-15/h2-3,5-10,18,23-24H,4,11-14H2,1H3. The smallest absolute Gasteiger partial charge is 0.124 e. The first-order valence-electron chi connectivity index (χ1n) is 8.53. The van der Waals surface area contributed by atoms with E-state index in [0.717, 1.165) is 24.1 Å². The average Bonchev–Trinajstić information content (AvgIpc) is 2.62. The van der Waals surface area contributed by atoms with Gasteiger partial charge in [0.25, 0.3) is 0 Å². The van der Waals surface area contributed by atoms with Crippen molar-refractivity contribution < 1.29 is 14.9 Å². The molecule has 1 saturated heterocycles. The largest absolute Gasteiger partial charge is 0.496 e. The normalized spacial score (nSPS) is 22.6. The maximum Gasteiger partial charge on any atom is 0.124 e. The van der Waals surface area contributed by atoms with Crippen LogP contribution in [0.15, 0.2) is 48.5 Å². The van der Waals surface area contributed by atoms with Gasteiger partial charge in [-0.1, -0.05) is 41.9 Å². The predicted molar refractivity (Wildman–Crippen MR) is 99.0 cm³/mol. The Morgan fingerprint density at radius 2 is 1.92 bits per heavy atom. The van der Waals surface area contributed by atoms with Crippen molar-refractivity contribution in [3.63, 3.8) is 0 Å². The van der Waals surface area contributed by atoms with Gasteiger partial charge in [-0.25, -0.2) is 0 Å². The van der Waals surface area contributed by atoms with Crippen LogP contribution in [0, 0.1) is 0 Å². The van der Waals surface area contributed by atoms with Crippen molar-refractivity contribution >= 4 is 11.6 Å². The number of nitrogens with zero attached hydrogens (tertiary/aromatic N) is 1. The van der Waals surface area contributed by atoms with Crippen LogP contribution >= 0.6 is 11.6 Å². The third kappa shape index (κ3) is 4.15. The van der Waals surface area contributed by atoms with Crippen LogP contribution in [0.25, 0.3) is 0 Å². The molecule has 2 atom stereocenters. The van der Waals surface area contributed by atoms with Gasteiger partial charge < -0.3 is 14.9 Å². The summed E-state index contributed by atoms with van der Waals surface area (Å²) in [6.07, 6.45) is 0.931. The van der Waals surface area contributed by atoms with E-state index in [1.807, 2.05) is 36.4 Å². The van der Waals surface area contributed by atoms with Crippen LogP contribution in [0.5, 0.6) is 5.75 Å². The van der Waals surface area contributed by atoms with Gasteiger partial charge in [0.05, 0.1) is 13.2 Å². The molecular weight excluding hydrogens is 338 g/mol. The number of likely N-dealkylation sites (tertiary alicyclic amines) is 1. The quantitative estimate of drug-likeness (QED) is 0.857. The van der Waals surface area contributed by atoms with Crippen LogP contribution in [0.3, 0.4) is 0 Å². The lowest BCUT2D eigenvalue weighted by molar-refractivity contribution is -0.0474. The Balaban J connectivity index is 1.73. The number of ether oxygens (including phenoxy) is 1. The summed E-state index contributed by atoms with van der Waals surface area (Å²) in [4.78, 5) is 2.11. The van der Waals surface area contributed by atoms with E-state index in [-0.39, 0.29) is 0 Å². The van der Waals surface area contributed by atoms with E-state index in [1.54, 1.807) is 19.2 Å². The molecule has 1 aliphatic rings. The van der Waals surface area contributed by atoms with Crippen molar-refractivity contribution in [3.05, 3.63) is 64.7 Å². The van der Waals surface area contributed by atoms with E-state index >= 15 is 0 Å². The Hall–Kier alpha value is -1.59. The molecule has 2 aromatic rings. The first kappa shape index (κ1) is 18.2. The highest BCUT2D eigenvalue weighted by molar-refractivity contribution is 6.30. The number of β-amino-alcohol motifs (C(OH)–C–C–N with tert-alkyl or cyclic N) is 2. The molecule has 1 heterocycles. The zero-order chi connectivity index (χ0) is 17.9.